The number of benzene rings is 2. The number of para-hydroxylation sites is 1. The van der Waals surface area contributed by atoms with E-state index in [-0.39, 0.29) is 24.4 Å². The number of aryl methyl sites for hydroxylation is 1. The number of carbonyl (C=O) groups excluding carboxylic acids is 2. The second kappa shape index (κ2) is 12.2. The van der Waals surface area contributed by atoms with Crippen molar-refractivity contribution in [2.45, 2.75) is 55.8 Å². The summed E-state index contributed by atoms with van der Waals surface area (Å²) in [7, 11) is 0. The molecule has 0 aliphatic carbocycles. The number of anilines is 1. The van der Waals surface area contributed by atoms with Crippen molar-refractivity contribution in [3.63, 3.8) is 0 Å². The largest absolute Gasteiger partial charge is 0.392 e. The maximum absolute atomic E-state index is 13.6. The summed E-state index contributed by atoms with van der Waals surface area (Å²) in [4.78, 5) is 33.3. The zero-order chi connectivity index (χ0) is 27.2. The van der Waals surface area contributed by atoms with Gasteiger partial charge in [0, 0.05) is 25.0 Å². The number of nitrogens with one attached hydrogen (secondary N) is 3. The Bertz CT molecular complexity index is 1280. The van der Waals surface area contributed by atoms with Crippen LogP contribution in [-0.2, 0) is 16.0 Å². The summed E-state index contributed by atoms with van der Waals surface area (Å²) in [5.74, 6) is -0.341. The molecule has 0 bridgehead atoms. The van der Waals surface area contributed by atoms with Gasteiger partial charge in [0.2, 0.25) is 11.8 Å². The zero-order valence-electron chi connectivity index (χ0n) is 22.2. The van der Waals surface area contributed by atoms with Crippen LogP contribution in [0.1, 0.15) is 31.2 Å². The molecule has 6 N–H and O–H groups in total. The van der Waals surface area contributed by atoms with Crippen molar-refractivity contribution in [2.75, 3.05) is 31.5 Å². The number of aliphatic hydroxyl groups excluding tert-OH is 1. The minimum Gasteiger partial charge on any atom is -0.392 e. The Balaban J connectivity index is 1.29. The number of β-amino-alcohol motifs (C(OH)–C–C–N with tert-alkyl or cyclic N) is 1. The molecule has 2 aliphatic heterocycles. The summed E-state index contributed by atoms with van der Waals surface area (Å²) < 4.78 is 0. The summed E-state index contributed by atoms with van der Waals surface area (Å²) in [5.41, 5.74) is 8.20. The second-order valence-electron chi connectivity index (χ2n) is 10.8. The Morgan fingerprint density at radius 1 is 1.18 bits per heavy atom. The Labute approximate surface area is 229 Å². The van der Waals surface area contributed by atoms with Gasteiger partial charge >= 0.3 is 0 Å². The van der Waals surface area contributed by atoms with Crippen molar-refractivity contribution in [3.05, 3.63) is 72.4 Å². The molecule has 0 spiro atoms. The van der Waals surface area contributed by atoms with Gasteiger partial charge in [-0.25, -0.2) is 0 Å². The standard InChI is InChI=1S/C30H38N6O3/c31-19-30(34-18-24(37)13-12-21-7-2-1-3-8-21)16-27(36(20-30)29(39)26-11-6-14-32-26)28(38)35-23-15-22-9-4-5-10-25(22)33-17-23/h1-5,7-10,15,17,24,26-27,32,34,37H,6,11-14,16,18-20,31H2,(H,35,38)/t24-,26+,27+,30+/m1/s1. The SMILES string of the molecule is NC[C@@]1(NC[C@H](O)CCc2ccccc2)C[C@@H](C(=O)Nc2cnc3ccccc3c2)N(C(=O)[C@@H]2CCCN2)C1. The number of amides is 2. The predicted octanol–water partition coefficient (Wildman–Crippen LogP) is 1.81. The molecule has 2 amide bonds. The van der Waals surface area contributed by atoms with Gasteiger partial charge in [0.1, 0.15) is 6.04 Å². The van der Waals surface area contributed by atoms with Crippen molar-refractivity contribution < 1.29 is 14.7 Å². The van der Waals surface area contributed by atoms with Gasteiger partial charge in [-0.3, -0.25) is 14.6 Å². The van der Waals surface area contributed by atoms with Crippen molar-refractivity contribution in [3.8, 4) is 0 Å². The lowest BCUT2D eigenvalue weighted by Crippen LogP contribution is -2.56. The molecule has 2 saturated heterocycles. The zero-order valence-corrected chi connectivity index (χ0v) is 22.2. The Kier molecular flexibility index (Phi) is 8.52. The highest BCUT2D eigenvalue weighted by molar-refractivity contribution is 5.99. The average molecular weight is 531 g/mol. The third-order valence-corrected chi connectivity index (χ3v) is 7.95. The number of fused-ring (bicyclic) bond motifs is 1. The highest BCUT2D eigenvalue weighted by Crippen LogP contribution is 2.30. The number of aromatic nitrogens is 1. The highest BCUT2D eigenvalue weighted by Gasteiger charge is 2.49. The molecule has 206 valence electrons. The first-order valence-corrected chi connectivity index (χ1v) is 13.8. The van der Waals surface area contributed by atoms with Crippen LogP contribution in [0.5, 0.6) is 0 Å². The van der Waals surface area contributed by atoms with Crippen LogP contribution in [0.2, 0.25) is 0 Å². The Morgan fingerprint density at radius 3 is 2.74 bits per heavy atom. The van der Waals surface area contributed by atoms with Gasteiger partial charge in [0.05, 0.1) is 35.1 Å². The number of rotatable bonds is 10. The third-order valence-electron chi connectivity index (χ3n) is 7.95. The number of nitrogens with zero attached hydrogens (tertiary/aromatic N) is 2. The van der Waals surface area contributed by atoms with E-state index in [9.17, 15) is 14.7 Å². The van der Waals surface area contributed by atoms with E-state index in [1.807, 2.05) is 60.7 Å². The van der Waals surface area contributed by atoms with Crippen molar-refractivity contribution in [2.24, 2.45) is 5.73 Å². The molecule has 4 atom stereocenters. The van der Waals surface area contributed by atoms with Crippen LogP contribution in [0.15, 0.2) is 66.9 Å². The highest BCUT2D eigenvalue weighted by atomic mass is 16.3. The van der Waals surface area contributed by atoms with E-state index in [0.717, 1.165) is 36.7 Å². The van der Waals surface area contributed by atoms with E-state index in [2.05, 4.69) is 20.9 Å². The first-order valence-electron chi connectivity index (χ1n) is 13.8. The van der Waals surface area contributed by atoms with Crippen LogP contribution < -0.4 is 21.7 Å². The molecule has 0 unspecified atom stereocenters. The topological polar surface area (TPSA) is 133 Å². The molecular formula is C30H38N6O3. The van der Waals surface area contributed by atoms with E-state index in [1.54, 1.807) is 11.1 Å². The van der Waals surface area contributed by atoms with Crippen LogP contribution in [0, 0.1) is 0 Å². The Hall–Kier alpha value is -3.37. The number of hydrogen-bond donors (Lipinski definition) is 5. The third kappa shape index (κ3) is 6.45. The first kappa shape index (κ1) is 27.2. The molecule has 2 fully saturated rings. The molecule has 39 heavy (non-hydrogen) atoms. The lowest BCUT2D eigenvalue weighted by Gasteiger charge is -2.31. The number of likely N-dealkylation sites (tertiary alicyclic amines) is 1. The normalized spacial score (nSPS) is 23.7. The molecule has 1 aromatic heterocycles. The maximum Gasteiger partial charge on any atom is 0.247 e. The van der Waals surface area contributed by atoms with Gasteiger partial charge in [0.15, 0.2) is 0 Å². The van der Waals surface area contributed by atoms with E-state index in [0.29, 0.717) is 31.6 Å². The molecule has 9 nitrogen and oxygen atoms in total. The summed E-state index contributed by atoms with van der Waals surface area (Å²) in [6.07, 6.45) is 4.47. The summed E-state index contributed by atoms with van der Waals surface area (Å²) >= 11 is 0. The van der Waals surface area contributed by atoms with Crippen molar-refractivity contribution in [1.29, 1.82) is 0 Å². The molecule has 2 aliphatic rings. The molecule has 3 heterocycles. The Morgan fingerprint density at radius 2 is 1.97 bits per heavy atom. The lowest BCUT2D eigenvalue weighted by molar-refractivity contribution is -0.138. The fraction of sp³-hybridized carbons (Fsp3) is 0.433. The van der Waals surface area contributed by atoms with E-state index >= 15 is 0 Å². The second-order valence-corrected chi connectivity index (χ2v) is 10.8. The average Bonchev–Trinajstić information content (AvgIpc) is 3.65. The maximum atomic E-state index is 13.6. The van der Waals surface area contributed by atoms with Gasteiger partial charge < -0.3 is 31.7 Å². The number of nitrogens with two attached hydrogens (primary N) is 1. The fourth-order valence-electron chi connectivity index (χ4n) is 5.67. The molecule has 3 aromatic rings. The summed E-state index contributed by atoms with van der Waals surface area (Å²) in [5, 5.41) is 21.3. The monoisotopic (exact) mass is 530 g/mol. The van der Waals surface area contributed by atoms with Crippen LogP contribution in [0.4, 0.5) is 5.69 Å². The van der Waals surface area contributed by atoms with Crippen LogP contribution in [0.3, 0.4) is 0 Å². The van der Waals surface area contributed by atoms with E-state index in [4.69, 9.17) is 5.73 Å². The van der Waals surface area contributed by atoms with Gasteiger partial charge in [0.25, 0.3) is 0 Å². The van der Waals surface area contributed by atoms with Crippen LogP contribution >= 0.6 is 0 Å². The lowest BCUT2D eigenvalue weighted by atomic mass is 9.95. The van der Waals surface area contributed by atoms with Crippen LogP contribution in [-0.4, -0.2) is 76.7 Å². The molecule has 5 rings (SSSR count). The van der Waals surface area contributed by atoms with Gasteiger partial charge in [-0.2, -0.15) is 0 Å². The van der Waals surface area contributed by atoms with Crippen molar-refractivity contribution >= 4 is 28.4 Å². The smallest absolute Gasteiger partial charge is 0.247 e. The van der Waals surface area contributed by atoms with Crippen LogP contribution in [0.25, 0.3) is 10.9 Å². The van der Waals surface area contributed by atoms with Gasteiger partial charge in [-0.05, 0) is 56.3 Å². The number of pyridine rings is 1. The first-order chi connectivity index (χ1) is 19.0. The van der Waals surface area contributed by atoms with Crippen molar-refractivity contribution in [1.82, 2.24) is 20.5 Å². The summed E-state index contributed by atoms with van der Waals surface area (Å²) in [6.45, 7) is 1.66. The fourth-order valence-corrected chi connectivity index (χ4v) is 5.67. The predicted molar refractivity (Wildman–Crippen MR) is 152 cm³/mol. The van der Waals surface area contributed by atoms with Gasteiger partial charge in [-0.15, -0.1) is 0 Å². The van der Waals surface area contributed by atoms with Gasteiger partial charge in [-0.1, -0.05) is 48.5 Å². The molecule has 0 saturated carbocycles. The molecular weight excluding hydrogens is 492 g/mol. The van der Waals surface area contributed by atoms with E-state index < -0.39 is 17.7 Å². The minimum absolute atomic E-state index is 0.0777. The summed E-state index contributed by atoms with van der Waals surface area (Å²) in [6, 6.07) is 18.7. The van der Waals surface area contributed by atoms with E-state index in [1.165, 1.54) is 5.56 Å². The molecule has 0 radical (unpaired) electrons. The molecule has 2 aromatic carbocycles. The minimum atomic E-state index is -0.691. The number of aliphatic hydroxyl groups is 1. The molecule has 9 heteroatoms. The quantitative estimate of drug-likeness (QED) is 0.270. The number of hydrogen-bond acceptors (Lipinski definition) is 7. The number of carbonyl (C=O) groups is 2.